The standard InChI is InChI=1S/C13H9N3O.ClH/c14-16-12-8-6-11(7-9-12)15-13(17)10-4-2-1-3-5-10;/h1-9H;1H. The van der Waals surface area contributed by atoms with Crippen LogP contribution in [0.3, 0.4) is 0 Å². The molecular weight excluding hydrogens is 250 g/mol. The number of carbonyl (C=O) groups is 1. The average molecular weight is 260 g/mol. The summed E-state index contributed by atoms with van der Waals surface area (Å²) < 4.78 is 0. The Morgan fingerprint density at radius 3 is 2.17 bits per heavy atom. The summed E-state index contributed by atoms with van der Waals surface area (Å²) in [5.41, 5.74) is 1.71. The van der Waals surface area contributed by atoms with E-state index in [0.717, 1.165) is 0 Å². The van der Waals surface area contributed by atoms with Crippen molar-refractivity contribution in [1.29, 1.82) is 5.39 Å². The van der Waals surface area contributed by atoms with Gasteiger partial charge >= 0.3 is 5.69 Å². The lowest BCUT2D eigenvalue weighted by Crippen LogP contribution is -3.00. The molecule has 0 heterocycles. The normalized spacial score (nSPS) is 8.83. The van der Waals surface area contributed by atoms with Crippen LogP contribution in [0.5, 0.6) is 0 Å². The number of amides is 1. The number of anilines is 1. The van der Waals surface area contributed by atoms with Crippen molar-refractivity contribution in [1.82, 2.24) is 0 Å². The molecule has 1 amide bonds. The molecule has 0 aliphatic heterocycles. The molecule has 0 spiro atoms. The average Bonchev–Trinajstić information content (AvgIpc) is 2.40. The van der Waals surface area contributed by atoms with Gasteiger partial charge in [-0.25, -0.2) is 0 Å². The molecule has 2 aromatic rings. The van der Waals surface area contributed by atoms with Crippen molar-refractivity contribution in [2.75, 3.05) is 5.32 Å². The lowest BCUT2D eigenvalue weighted by molar-refractivity contribution is -0.0000112. The van der Waals surface area contributed by atoms with Crippen molar-refractivity contribution in [3.63, 3.8) is 0 Å². The summed E-state index contributed by atoms with van der Waals surface area (Å²) in [7, 11) is 0. The molecule has 0 fully saturated rings. The van der Waals surface area contributed by atoms with Gasteiger partial charge in [-0.2, -0.15) is 0 Å². The van der Waals surface area contributed by atoms with Crippen LogP contribution in [-0.4, -0.2) is 5.91 Å². The minimum Gasteiger partial charge on any atom is -1.00 e. The van der Waals surface area contributed by atoms with Gasteiger partial charge < -0.3 is 17.7 Å². The number of halogens is 1. The molecule has 4 nitrogen and oxygen atoms in total. The minimum absolute atomic E-state index is 0. The smallest absolute Gasteiger partial charge is 0.385 e. The first-order valence-corrected chi connectivity index (χ1v) is 5.11. The molecule has 0 unspecified atom stereocenters. The number of nitrogens with zero attached hydrogens (tertiary/aromatic N) is 2. The molecule has 90 valence electrons. The molecule has 0 bridgehead atoms. The third-order valence-electron chi connectivity index (χ3n) is 2.28. The zero-order valence-corrected chi connectivity index (χ0v) is 10.1. The van der Waals surface area contributed by atoms with Crippen LogP contribution in [0.15, 0.2) is 54.6 Å². The van der Waals surface area contributed by atoms with Crippen LogP contribution < -0.4 is 17.7 Å². The Morgan fingerprint density at radius 2 is 1.61 bits per heavy atom. The molecule has 0 saturated heterocycles. The Bertz CT molecular complexity index is 561. The third kappa shape index (κ3) is 3.30. The number of hydrogen-bond acceptors (Lipinski definition) is 2. The van der Waals surface area contributed by atoms with Crippen LogP contribution in [0.4, 0.5) is 11.4 Å². The Morgan fingerprint density at radius 1 is 1.00 bits per heavy atom. The van der Waals surface area contributed by atoms with Crippen LogP contribution in [-0.2, 0) is 0 Å². The SMILES string of the molecule is N#[N+]c1ccc(NC(=O)c2ccccc2)cc1.[Cl-]. The van der Waals surface area contributed by atoms with E-state index in [1.54, 1.807) is 36.4 Å². The minimum atomic E-state index is -0.167. The first-order chi connectivity index (χ1) is 8.29. The first kappa shape index (κ1) is 13.7. The van der Waals surface area contributed by atoms with Crippen molar-refractivity contribution in [2.24, 2.45) is 0 Å². The number of rotatable bonds is 2. The van der Waals surface area contributed by atoms with Crippen LogP contribution in [0, 0.1) is 5.39 Å². The largest absolute Gasteiger partial charge is 1.00 e. The van der Waals surface area contributed by atoms with Crippen molar-refractivity contribution >= 4 is 17.3 Å². The molecule has 0 saturated carbocycles. The van der Waals surface area contributed by atoms with Crippen molar-refractivity contribution in [3.05, 3.63) is 65.1 Å². The fraction of sp³-hybridized carbons (Fsp3) is 0. The maximum Gasteiger partial charge on any atom is 0.385 e. The Kier molecular flexibility index (Phi) is 4.85. The highest BCUT2D eigenvalue weighted by Gasteiger charge is 2.07. The molecule has 5 heteroatoms. The van der Waals surface area contributed by atoms with Crippen molar-refractivity contribution < 1.29 is 17.2 Å². The van der Waals surface area contributed by atoms with Crippen LogP contribution in [0.2, 0.25) is 0 Å². The Labute approximate surface area is 111 Å². The number of carbonyl (C=O) groups excluding carboxylic acids is 1. The number of benzene rings is 2. The first-order valence-electron chi connectivity index (χ1n) is 5.11. The van der Waals surface area contributed by atoms with E-state index in [4.69, 9.17) is 5.39 Å². The maximum absolute atomic E-state index is 11.8. The molecule has 2 rings (SSSR count). The van der Waals surface area contributed by atoms with E-state index in [0.29, 0.717) is 16.9 Å². The van der Waals surface area contributed by atoms with E-state index in [1.807, 2.05) is 18.2 Å². The fourth-order valence-corrected chi connectivity index (χ4v) is 1.40. The molecular formula is C13H10ClN3O. The van der Waals surface area contributed by atoms with E-state index >= 15 is 0 Å². The summed E-state index contributed by atoms with van der Waals surface area (Å²) in [6, 6.07) is 15.5. The van der Waals surface area contributed by atoms with Gasteiger partial charge in [0.25, 0.3) is 5.91 Å². The van der Waals surface area contributed by atoms with Gasteiger partial charge in [-0.3, -0.25) is 4.79 Å². The second-order valence-corrected chi connectivity index (χ2v) is 3.47. The van der Waals surface area contributed by atoms with E-state index in [2.05, 4.69) is 10.3 Å². The molecule has 0 radical (unpaired) electrons. The van der Waals surface area contributed by atoms with Gasteiger partial charge in [0.05, 0.1) is 0 Å². The molecule has 0 aliphatic rings. The van der Waals surface area contributed by atoms with Crippen LogP contribution in [0.25, 0.3) is 4.98 Å². The summed E-state index contributed by atoms with van der Waals surface area (Å²) >= 11 is 0. The topological polar surface area (TPSA) is 57.2 Å². The van der Waals surface area contributed by atoms with Gasteiger partial charge in [0.2, 0.25) is 5.39 Å². The van der Waals surface area contributed by atoms with Gasteiger partial charge in [-0.05, 0) is 24.3 Å². The molecule has 0 aliphatic carbocycles. The summed E-state index contributed by atoms with van der Waals surface area (Å²) in [5, 5.41) is 11.3. The van der Waals surface area contributed by atoms with Gasteiger partial charge in [-0.1, -0.05) is 18.2 Å². The summed E-state index contributed by atoms with van der Waals surface area (Å²) in [6.45, 7) is 0. The molecule has 2 aromatic carbocycles. The van der Waals surface area contributed by atoms with Crippen molar-refractivity contribution in [2.45, 2.75) is 0 Å². The molecule has 1 N–H and O–H groups in total. The van der Waals surface area contributed by atoms with Crippen LogP contribution >= 0.6 is 0 Å². The van der Waals surface area contributed by atoms with E-state index in [9.17, 15) is 4.79 Å². The quantitative estimate of drug-likeness (QED) is 0.795. The lowest BCUT2D eigenvalue weighted by atomic mass is 10.2. The van der Waals surface area contributed by atoms with E-state index in [-0.39, 0.29) is 18.3 Å². The van der Waals surface area contributed by atoms with Crippen LogP contribution in [0.1, 0.15) is 10.4 Å². The van der Waals surface area contributed by atoms with Gasteiger partial charge in [0.15, 0.2) is 4.98 Å². The maximum atomic E-state index is 11.8. The van der Waals surface area contributed by atoms with Gasteiger partial charge in [0, 0.05) is 23.4 Å². The second-order valence-electron chi connectivity index (χ2n) is 3.47. The number of hydrogen-bond donors (Lipinski definition) is 1. The molecule has 0 aromatic heterocycles. The summed E-state index contributed by atoms with van der Waals surface area (Å²) in [5.74, 6) is -0.167. The number of diazo groups is 1. The predicted octanol–water partition coefficient (Wildman–Crippen LogP) is 0.427. The molecule has 18 heavy (non-hydrogen) atoms. The highest BCUT2D eigenvalue weighted by atomic mass is 35.5. The van der Waals surface area contributed by atoms with E-state index in [1.165, 1.54) is 0 Å². The lowest BCUT2D eigenvalue weighted by Gasteiger charge is -2.03. The highest BCUT2D eigenvalue weighted by Crippen LogP contribution is 2.16. The zero-order chi connectivity index (χ0) is 12.1. The monoisotopic (exact) mass is 259 g/mol. The molecule has 0 atom stereocenters. The fourth-order valence-electron chi connectivity index (χ4n) is 1.40. The third-order valence-corrected chi connectivity index (χ3v) is 2.28. The Hall–Kier alpha value is -2.38. The predicted molar refractivity (Wildman–Crippen MR) is 65.6 cm³/mol. The zero-order valence-electron chi connectivity index (χ0n) is 9.38. The van der Waals surface area contributed by atoms with Gasteiger partial charge in [-0.15, -0.1) is 0 Å². The van der Waals surface area contributed by atoms with E-state index < -0.39 is 0 Å². The highest BCUT2D eigenvalue weighted by molar-refractivity contribution is 6.04. The second kappa shape index (κ2) is 6.38. The number of nitrogens with one attached hydrogen (secondary N) is 1. The Balaban J connectivity index is 0.00000162. The summed E-state index contributed by atoms with van der Waals surface area (Å²) in [4.78, 5) is 14.8. The summed E-state index contributed by atoms with van der Waals surface area (Å²) in [6.07, 6.45) is 0. The van der Waals surface area contributed by atoms with Gasteiger partial charge in [0.1, 0.15) is 0 Å². The van der Waals surface area contributed by atoms with Crippen molar-refractivity contribution in [3.8, 4) is 0 Å².